The molecule has 4 heteroatoms. The summed E-state index contributed by atoms with van der Waals surface area (Å²) < 4.78 is 1.00. The number of hydrogen-bond donors (Lipinski definition) is 2. The number of nitrogens with one attached hydrogen (secondary N) is 2. The first kappa shape index (κ1) is 12.5. The molecule has 0 aliphatic heterocycles. The zero-order valence-corrected chi connectivity index (χ0v) is 11.5. The molecule has 0 aliphatic rings. The Kier molecular flexibility index (Phi) is 4.11. The SMILES string of the molecule is CC(C)(C)NC(=S)Nc1ccccc1Br. The van der Waals surface area contributed by atoms with Crippen molar-refractivity contribution >= 4 is 38.9 Å². The van der Waals surface area contributed by atoms with Crippen molar-refractivity contribution in [2.24, 2.45) is 0 Å². The summed E-state index contributed by atoms with van der Waals surface area (Å²) in [7, 11) is 0. The molecule has 1 aromatic carbocycles. The Bertz CT molecular complexity index is 358. The third kappa shape index (κ3) is 4.62. The minimum absolute atomic E-state index is 0.0225. The molecule has 0 unspecified atom stereocenters. The van der Waals surface area contributed by atoms with Gasteiger partial charge in [0, 0.05) is 10.0 Å². The zero-order chi connectivity index (χ0) is 11.5. The van der Waals surface area contributed by atoms with Crippen LogP contribution in [0.15, 0.2) is 28.7 Å². The van der Waals surface area contributed by atoms with Gasteiger partial charge in [-0.15, -0.1) is 0 Å². The van der Waals surface area contributed by atoms with Gasteiger partial charge < -0.3 is 10.6 Å². The standard InChI is InChI=1S/C11H15BrN2S/c1-11(2,3)14-10(15)13-9-7-5-4-6-8(9)12/h4-7H,1-3H3,(H2,13,14,15). The second kappa shape index (κ2) is 4.94. The Morgan fingerprint density at radius 2 is 1.87 bits per heavy atom. The van der Waals surface area contributed by atoms with Crippen LogP contribution in [-0.4, -0.2) is 10.7 Å². The molecule has 0 aliphatic carbocycles. The van der Waals surface area contributed by atoms with Gasteiger partial charge in [0.25, 0.3) is 0 Å². The lowest BCUT2D eigenvalue weighted by molar-refractivity contribution is 0.515. The number of rotatable bonds is 1. The average Bonchev–Trinajstić information content (AvgIpc) is 2.05. The van der Waals surface area contributed by atoms with E-state index in [-0.39, 0.29) is 5.54 Å². The smallest absolute Gasteiger partial charge is 0.171 e. The fraction of sp³-hybridized carbons (Fsp3) is 0.364. The van der Waals surface area contributed by atoms with Crippen molar-refractivity contribution in [3.8, 4) is 0 Å². The highest BCUT2D eigenvalue weighted by Crippen LogP contribution is 2.21. The van der Waals surface area contributed by atoms with Crippen LogP contribution in [0.1, 0.15) is 20.8 Å². The Morgan fingerprint density at radius 3 is 2.40 bits per heavy atom. The van der Waals surface area contributed by atoms with Crippen molar-refractivity contribution < 1.29 is 0 Å². The lowest BCUT2D eigenvalue weighted by atomic mass is 10.1. The maximum absolute atomic E-state index is 5.20. The summed E-state index contributed by atoms with van der Waals surface area (Å²) >= 11 is 8.66. The zero-order valence-electron chi connectivity index (χ0n) is 9.10. The summed E-state index contributed by atoms with van der Waals surface area (Å²) in [6.45, 7) is 6.21. The monoisotopic (exact) mass is 286 g/mol. The summed E-state index contributed by atoms with van der Waals surface area (Å²) in [5.41, 5.74) is 0.949. The fourth-order valence-corrected chi connectivity index (χ4v) is 1.86. The highest BCUT2D eigenvalue weighted by atomic mass is 79.9. The van der Waals surface area contributed by atoms with E-state index in [4.69, 9.17) is 12.2 Å². The molecule has 0 saturated heterocycles. The molecule has 0 aromatic heterocycles. The highest BCUT2D eigenvalue weighted by molar-refractivity contribution is 9.10. The lowest BCUT2D eigenvalue weighted by Crippen LogP contribution is -2.42. The fourth-order valence-electron chi connectivity index (χ4n) is 1.06. The molecule has 1 aromatic rings. The Labute approximate surface area is 105 Å². The van der Waals surface area contributed by atoms with E-state index in [1.807, 2.05) is 24.3 Å². The van der Waals surface area contributed by atoms with Gasteiger partial charge in [-0.1, -0.05) is 12.1 Å². The molecular weight excluding hydrogens is 272 g/mol. The molecule has 0 amide bonds. The Morgan fingerprint density at radius 1 is 1.27 bits per heavy atom. The first-order chi connectivity index (χ1) is 6.88. The van der Waals surface area contributed by atoms with Gasteiger partial charge >= 0.3 is 0 Å². The summed E-state index contributed by atoms with van der Waals surface area (Å²) in [6, 6.07) is 7.88. The van der Waals surface area contributed by atoms with Gasteiger partial charge in [-0.05, 0) is 61.1 Å². The van der Waals surface area contributed by atoms with Crippen LogP contribution in [-0.2, 0) is 0 Å². The molecule has 0 saturated carbocycles. The number of hydrogen-bond acceptors (Lipinski definition) is 1. The van der Waals surface area contributed by atoms with Crippen LogP contribution in [0.5, 0.6) is 0 Å². The maximum Gasteiger partial charge on any atom is 0.171 e. The molecule has 2 nitrogen and oxygen atoms in total. The first-order valence-corrected chi connectivity index (χ1v) is 5.92. The van der Waals surface area contributed by atoms with Gasteiger partial charge in [-0.3, -0.25) is 0 Å². The largest absolute Gasteiger partial charge is 0.358 e. The van der Waals surface area contributed by atoms with Crippen LogP contribution in [0.25, 0.3) is 0 Å². The van der Waals surface area contributed by atoms with E-state index in [1.54, 1.807) is 0 Å². The second-order valence-electron chi connectivity index (χ2n) is 4.31. The molecule has 0 radical (unpaired) electrons. The maximum atomic E-state index is 5.20. The molecule has 1 rings (SSSR count). The normalized spacial score (nSPS) is 10.9. The predicted octanol–water partition coefficient (Wildman–Crippen LogP) is 3.53. The lowest BCUT2D eigenvalue weighted by Gasteiger charge is -2.23. The van der Waals surface area contributed by atoms with Gasteiger partial charge in [0.2, 0.25) is 0 Å². The highest BCUT2D eigenvalue weighted by Gasteiger charge is 2.11. The van der Waals surface area contributed by atoms with E-state index in [2.05, 4.69) is 47.3 Å². The molecular formula is C11H15BrN2S. The third-order valence-corrected chi connectivity index (χ3v) is 2.51. The topological polar surface area (TPSA) is 24.1 Å². The Balaban J connectivity index is 2.64. The summed E-state index contributed by atoms with van der Waals surface area (Å²) in [4.78, 5) is 0. The minimum atomic E-state index is -0.0225. The van der Waals surface area contributed by atoms with Gasteiger partial charge in [0.1, 0.15) is 0 Å². The Hall–Kier alpha value is -0.610. The molecule has 0 fully saturated rings. The average molecular weight is 287 g/mol. The first-order valence-electron chi connectivity index (χ1n) is 4.72. The van der Waals surface area contributed by atoms with Crippen LogP contribution < -0.4 is 10.6 Å². The number of thiocarbonyl (C=S) groups is 1. The van der Waals surface area contributed by atoms with Crippen LogP contribution in [0.4, 0.5) is 5.69 Å². The summed E-state index contributed by atoms with van der Waals surface area (Å²) in [6.07, 6.45) is 0. The minimum Gasteiger partial charge on any atom is -0.358 e. The van der Waals surface area contributed by atoms with Crippen molar-refractivity contribution in [3.63, 3.8) is 0 Å². The number of para-hydroxylation sites is 1. The van der Waals surface area contributed by atoms with E-state index in [0.29, 0.717) is 5.11 Å². The van der Waals surface area contributed by atoms with E-state index in [9.17, 15) is 0 Å². The van der Waals surface area contributed by atoms with Gasteiger partial charge in [-0.25, -0.2) is 0 Å². The number of anilines is 1. The van der Waals surface area contributed by atoms with Crippen LogP contribution in [0, 0.1) is 0 Å². The quantitative estimate of drug-likeness (QED) is 0.773. The molecule has 82 valence electrons. The predicted molar refractivity (Wildman–Crippen MR) is 73.3 cm³/mol. The molecule has 0 spiro atoms. The van der Waals surface area contributed by atoms with Crippen molar-refractivity contribution in [2.75, 3.05) is 5.32 Å². The van der Waals surface area contributed by atoms with E-state index in [1.165, 1.54) is 0 Å². The van der Waals surface area contributed by atoms with Gasteiger partial charge in [-0.2, -0.15) is 0 Å². The summed E-state index contributed by atoms with van der Waals surface area (Å²) in [5, 5.41) is 6.97. The van der Waals surface area contributed by atoms with Crippen molar-refractivity contribution in [1.29, 1.82) is 0 Å². The molecule has 15 heavy (non-hydrogen) atoms. The molecule has 0 bridgehead atoms. The van der Waals surface area contributed by atoms with Crippen molar-refractivity contribution in [2.45, 2.75) is 26.3 Å². The summed E-state index contributed by atoms with van der Waals surface area (Å²) in [5.74, 6) is 0. The van der Waals surface area contributed by atoms with E-state index < -0.39 is 0 Å². The van der Waals surface area contributed by atoms with Crippen LogP contribution >= 0.6 is 28.1 Å². The number of benzene rings is 1. The van der Waals surface area contributed by atoms with Crippen molar-refractivity contribution in [3.05, 3.63) is 28.7 Å². The molecule has 0 heterocycles. The van der Waals surface area contributed by atoms with E-state index >= 15 is 0 Å². The molecule has 2 N–H and O–H groups in total. The van der Waals surface area contributed by atoms with Crippen LogP contribution in [0.2, 0.25) is 0 Å². The molecule has 0 atom stereocenters. The third-order valence-electron chi connectivity index (χ3n) is 1.61. The second-order valence-corrected chi connectivity index (χ2v) is 5.57. The number of halogens is 1. The van der Waals surface area contributed by atoms with Gasteiger partial charge in [0.15, 0.2) is 5.11 Å². The van der Waals surface area contributed by atoms with Crippen LogP contribution in [0.3, 0.4) is 0 Å². The van der Waals surface area contributed by atoms with Crippen molar-refractivity contribution in [1.82, 2.24) is 5.32 Å². The van der Waals surface area contributed by atoms with Gasteiger partial charge in [0.05, 0.1) is 5.69 Å². The van der Waals surface area contributed by atoms with E-state index in [0.717, 1.165) is 10.2 Å².